The van der Waals surface area contributed by atoms with Crippen LogP contribution < -0.4 is 4.74 Å². The minimum atomic E-state index is -0.338. The van der Waals surface area contributed by atoms with Gasteiger partial charge in [-0.25, -0.2) is 5.01 Å². The zero-order valence-corrected chi connectivity index (χ0v) is 19.0. The standard InChI is InChI=1S/C25H23BrN2OS/c26-19-8-9-23-20(15-19)22-16-21(24-7-4-14-30-24)27-28(22)25(29-23)12-10-18(11-13-25)17-5-2-1-3-6-17/h1-9,14-15,18,22H,10-13,16H2/t18?,22-,25?/m0/s1. The molecule has 0 amide bonds. The number of hydrogen-bond acceptors (Lipinski definition) is 4. The Hall–Kier alpha value is -2.11. The molecule has 1 spiro atoms. The van der Waals surface area contributed by atoms with E-state index in [1.807, 2.05) is 0 Å². The summed E-state index contributed by atoms with van der Waals surface area (Å²) in [7, 11) is 0. The van der Waals surface area contributed by atoms with Gasteiger partial charge in [0.05, 0.1) is 16.6 Å². The molecule has 3 heterocycles. The van der Waals surface area contributed by atoms with Crippen LogP contribution in [0.25, 0.3) is 0 Å². The molecule has 30 heavy (non-hydrogen) atoms. The number of rotatable bonds is 2. The van der Waals surface area contributed by atoms with Crippen LogP contribution in [0.2, 0.25) is 0 Å². The number of fused-ring (bicyclic) bond motifs is 4. The van der Waals surface area contributed by atoms with Crippen LogP contribution in [0.5, 0.6) is 5.75 Å². The maximum Gasteiger partial charge on any atom is 0.198 e. The van der Waals surface area contributed by atoms with Crippen molar-refractivity contribution in [3.63, 3.8) is 0 Å². The van der Waals surface area contributed by atoms with Crippen molar-refractivity contribution in [3.05, 3.63) is 86.5 Å². The van der Waals surface area contributed by atoms with Crippen LogP contribution in [0, 0.1) is 0 Å². The molecule has 1 fully saturated rings. The molecule has 3 nitrogen and oxygen atoms in total. The van der Waals surface area contributed by atoms with Crippen LogP contribution in [-0.2, 0) is 0 Å². The zero-order valence-electron chi connectivity index (χ0n) is 16.6. The van der Waals surface area contributed by atoms with Gasteiger partial charge in [-0.3, -0.25) is 0 Å². The van der Waals surface area contributed by atoms with E-state index in [-0.39, 0.29) is 11.8 Å². The molecule has 0 bridgehead atoms. The highest BCUT2D eigenvalue weighted by Gasteiger charge is 2.52. The third kappa shape index (κ3) is 3.02. The Balaban J connectivity index is 1.36. The topological polar surface area (TPSA) is 24.8 Å². The molecule has 6 rings (SSSR count). The Kier molecular flexibility index (Phi) is 4.50. The lowest BCUT2D eigenvalue weighted by atomic mass is 9.78. The molecular weight excluding hydrogens is 456 g/mol. The molecular formula is C25H23BrN2OS. The summed E-state index contributed by atoms with van der Waals surface area (Å²) in [5.74, 6) is 1.63. The van der Waals surface area contributed by atoms with Crippen LogP contribution >= 0.6 is 27.3 Å². The molecule has 3 aromatic rings. The summed E-state index contributed by atoms with van der Waals surface area (Å²) in [5.41, 5.74) is 3.55. The Labute approximate surface area is 189 Å². The van der Waals surface area contributed by atoms with E-state index in [0.717, 1.165) is 42.3 Å². The average molecular weight is 479 g/mol. The average Bonchev–Trinajstić information content (AvgIpc) is 3.46. The first-order valence-corrected chi connectivity index (χ1v) is 12.3. The lowest BCUT2D eigenvalue weighted by Crippen LogP contribution is -2.55. The van der Waals surface area contributed by atoms with E-state index in [0.29, 0.717) is 5.92 Å². The summed E-state index contributed by atoms with van der Waals surface area (Å²) in [6, 6.07) is 21.9. The summed E-state index contributed by atoms with van der Waals surface area (Å²) in [5, 5.41) is 9.63. The first-order chi connectivity index (χ1) is 14.7. The Bertz CT molecular complexity index is 1090. The smallest absolute Gasteiger partial charge is 0.198 e. The molecule has 2 aromatic carbocycles. The molecule has 3 aliphatic rings. The Morgan fingerprint density at radius 1 is 1.03 bits per heavy atom. The van der Waals surface area contributed by atoms with E-state index < -0.39 is 0 Å². The third-order valence-corrected chi connectivity index (χ3v) is 8.21. The molecule has 1 aliphatic carbocycles. The maximum absolute atomic E-state index is 6.78. The number of thiophene rings is 1. The van der Waals surface area contributed by atoms with Gasteiger partial charge in [-0.1, -0.05) is 52.3 Å². The van der Waals surface area contributed by atoms with Gasteiger partial charge in [-0.15, -0.1) is 11.3 Å². The molecule has 1 saturated carbocycles. The van der Waals surface area contributed by atoms with E-state index in [1.54, 1.807) is 11.3 Å². The van der Waals surface area contributed by atoms with Crippen molar-refractivity contribution in [1.29, 1.82) is 0 Å². The minimum Gasteiger partial charge on any atom is -0.466 e. The van der Waals surface area contributed by atoms with Gasteiger partial charge in [0.2, 0.25) is 0 Å². The molecule has 2 aliphatic heterocycles. The van der Waals surface area contributed by atoms with Gasteiger partial charge in [-0.2, -0.15) is 5.10 Å². The van der Waals surface area contributed by atoms with Crippen molar-refractivity contribution in [3.8, 4) is 5.75 Å². The fourth-order valence-electron chi connectivity index (χ4n) is 5.30. The molecule has 0 unspecified atom stereocenters. The summed E-state index contributed by atoms with van der Waals surface area (Å²) >= 11 is 5.43. The number of nitrogens with zero attached hydrogens (tertiary/aromatic N) is 2. The zero-order chi connectivity index (χ0) is 20.1. The Morgan fingerprint density at radius 2 is 1.87 bits per heavy atom. The van der Waals surface area contributed by atoms with E-state index in [4.69, 9.17) is 9.84 Å². The van der Waals surface area contributed by atoms with E-state index in [2.05, 4.69) is 87.0 Å². The van der Waals surface area contributed by atoms with Crippen molar-refractivity contribution < 1.29 is 4.74 Å². The molecule has 0 saturated heterocycles. The minimum absolute atomic E-state index is 0.247. The number of ether oxygens (including phenoxy) is 1. The molecule has 0 radical (unpaired) electrons. The summed E-state index contributed by atoms with van der Waals surface area (Å²) in [4.78, 5) is 1.27. The predicted molar refractivity (Wildman–Crippen MR) is 125 cm³/mol. The fourth-order valence-corrected chi connectivity index (χ4v) is 6.40. The van der Waals surface area contributed by atoms with Gasteiger partial charge in [0.15, 0.2) is 5.72 Å². The van der Waals surface area contributed by atoms with Crippen LogP contribution in [-0.4, -0.2) is 16.4 Å². The largest absolute Gasteiger partial charge is 0.466 e. The van der Waals surface area contributed by atoms with Crippen molar-refractivity contribution >= 4 is 33.0 Å². The number of benzene rings is 2. The molecule has 0 N–H and O–H groups in total. The third-order valence-electron chi connectivity index (χ3n) is 6.80. The van der Waals surface area contributed by atoms with E-state index in [1.165, 1.54) is 21.7 Å². The van der Waals surface area contributed by atoms with Gasteiger partial charge < -0.3 is 4.74 Å². The number of hydrogen-bond donors (Lipinski definition) is 0. The highest BCUT2D eigenvalue weighted by Crippen LogP contribution is 2.53. The second-order valence-corrected chi connectivity index (χ2v) is 10.4. The van der Waals surface area contributed by atoms with E-state index >= 15 is 0 Å². The van der Waals surface area contributed by atoms with Crippen molar-refractivity contribution in [1.82, 2.24) is 5.01 Å². The fraction of sp³-hybridized carbons (Fsp3) is 0.320. The number of halogens is 1. The quantitative estimate of drug-likeness (QED) is 0.391. The molecule has 1 atom stereocenters. The SMILES string of the molecule is Brc1ccc2c(c1)[C@@H]1CC(c3cccs3)=NN1C1(CCC(c3ccccc3)CC1)O2. The Morgan fingerprint density at radius 3 is 2.63 bits per heavy atom. The van der Waals surface area contributed by atoms with Crippen LogP contribution in [0.15, 0.2) is 75.6 Å². The second kappa shape index (κ2) is 7.24. The van der Waals surface area contributed by atoms with Gasteiger partial charge in [0.25, 0.3) is 0 Å². The van der Waals surface area contributed by atoms with Crippen molar-refractivity contribution in [2.75, 3.05) is 0 Å². The number of hydrazone groups is 1. The summed E-state index contributed by atoms with van der Waals surface area (Å²) < 4.78 is 7.88. The lowest BCUT2D eigenvalue weighted by Gasteiger charge is -2.50. The van der Waals surface area contributed by atoms with E-state index in [9.17, 15) is 0 Å². The van der Waals surface area contributed by atoms with Crippen molar-refractivity contribution in [2.24, 2.45) is 5.10 Å². The van der Waals surface area contributed by atoms with Gasteiger partial charge >= 0.3 is 0 Å². The first-order valence-electron chi connectivity index (χ1n) is 10.7. The highest BCUT2D eigenvalue weighted by atomic mass is 79.9. The van der Waals surface area contributed by atoms with Crippen LogP contribution in [0.4, 0.5) is 0 Å². The van der Waals surface area contributed by atoms with Gasteiger partial charge in [0, 0.05) is 29.3 Å². The van der Waals surface area contributed by atoms with Gasteiger partial charge in [-0.05, 0) is 54.0 Å². The van der Waals surface area contributed by atoms with Gasteiger partial charge in [0.1, 0.15) is 5.75 Å². The predicted octanol–water partition coefficient (Wildman–Crippen LogP) is 7.11. The highest BCUT2D eigenvalue weighted by molar-refractivity contribution is 9.10. The monoisotopic (exact) mass is 478 g/mol. The molecule has 5 heteroatoms. The first kappa shape index (κ1) is 18.6. The summed E-state index contributed by atoms with van der Waals surface area (Å²) in [6.45, 7) is 0. The second-order valence-electron chi connectivity index (χ2n) is 8.50. The summed E-state index contributed by atoms with van der Waals surface area (Å²) in [6.07, 6.45) is 5.20. The van der Waals surface area contributed by atoms with Crippen molar-refractivity contribution in [2.45, 2.75) is 49.8 Å². The van der Waals surface area contributed by atoms with Crippen LogP contribution in [0.1, 0.15) is 60.1 Å². The normalized spacial score (nSPS) is 27.4. The molecule has 1 aromatic heterocycles. The van der Waals surface area contributed by atoms with Crippen LogP contribution in [0.3, 0.4) is 0 Å². The lowest BCUT2D eigenvalue weighted by molar-refractivity contribution is -0.142. The maximum atomic E-state index is 6.78. The molecule has 152 valence electrons.